The zero-order valence-electron chi connectivity index (χ0n) is 9.58. The molecule has 0 atom stereocenters. The second-order valence-corrected chi connectivity index (χ2v) is 5.10. The maximum atomic E-state index is 13.3. The molecular weight excluding hydrogens is 335 g/mol. The first kappa shape index (κ1) is 13.8. The smallest absolute Gasteiger partial charge is 0.257 e. The van der Waals surface area contributed by atoms with Crippen molar-refractivity contribution in [3.8, 4) is 0 Å². The summed E-state index contributed by atoms with van der Waals surface area (Å²) < 4.78 is 14.1. The quantitative estimate of drug-likeness (QED) is 0.807. The highest BCUT2D eigenvalue weighted by Crippen LogP contribution is 2.26. The molecule has 3 nitrogen and oxygen atoms in total. The fraction of sp³-hybridized carbons (Fsp3) is 0. The van der Waals surface area contributed by atoms with Crippen molar-refractivity contribution in [1.29, 1.82) is 0 Å². The second kappa shape index (κ2) is 5.59. The number of nitrogen functional groups attached to an aromatic ring is 1. The van der Waals surface area contributed by atoms with Gasteiger partial charge in [-0.15, -0.1) is 0 Å². The molecule has 0 fully saturated rings. The molecule has 0 unspecified atom stereocenters. The van der Waals surface area contributed by atoms with E-state index in [1.54, 1.807) is 18.2 Å². The van der Waals surface area contributed by atoms with Crippen LogP contribution >= 0.6 is 27.5 Å². The van der Waals surface area contributed by atoms with E-state index in [1.165, 1.54) is 18.2 Å². The normalized spacial score (nSPS) is 10.3. The largest absolute Gasteiger partial charge is 0.396 e. The lowest BCUT2D eigenvalue weighted by atomic mass is 10.1. The van der Waals surface area contributed by atoms with Crippen LogP contribution in [0.4, 0.5) is 15.8 Å². The van der Waals surface area contributed by atoms with E-state index in [2.05, 4.69) is 21.2 Å². The number of amides is 1. The number of carbonyl (C=O) groups is 1. The Kier molecular flexibility index (Phi) is 4.07. The standard InChI is InChI=1S/C13H9BrClFN2O/c14-7-4-5-11(9(15)6-7)18-13(19)8-2-1-3-10(16)12(8)17/h1-6H,17H2,(H,18,19). The van der Waals surface area contributed by atoms with Gasteiger partial charge in [-0.3, -0.25) is 4.79 Å². The fourth-order valence-electron chi connectivity index (χ4n) is 1.52. The Bertz CT molecular complexity index is 649. The average molecular weight is 344 g/mol. The SMILES string of the molecule is Nc1c(F)cccc1C(=O)Nc1ccc(Br)cc1Cl. The number of para-hydroxylation sites is 1. The number of carbonyl (C=O) groups excluding carboxylic acids is 1. The Hall–Kier alpha value is -1.59. The number of benzene rings is 2. The Morgan fingerprint density at radius 1 is 1.32 bits per heavy atom. The van der Waals surface area contributed by atoms with Crippen LogP contribution in [0.5, 0.6) is 0 Å². The maximum Gasteiger partial charge on any atom is 0.257 e. The summed E-state index contributed by atoms with van der Waals surface area (Å²) in [6.07, 6.45) is 0. The number of nitrogens with two attached hydrogens (primary N) is 1. The maximum absolute atomic E-state index is 13.3. The van der Waals surface area contributed by atoms with Crippen LogP contribution in [0.25, 0.3) is 0 Å². The first-order valence-electron chi connectivity index (χ1n) is 5.29. The minimum Gasteiger partial charge on any atom is -0.396 e. The van der Waals surface area contributed by atoms with E-state index in [-0.39, 0.29) is 11.3 Å². The third-order valence-corrected chi connectivity index (χ3v) is 3.28. The summed E-state index contributed by atoms with van der Waals surface area (Å²) in [6, 6.07) is 9.07. The molecule has 0 radical (unpaired) electrons. The van der Waals surface area contributed by atoms with E-state index in [1.807, 2.05) is 0 Å². The van der Waals surface area contributed by atoms with E-state index in [0.29, 0.717) is 10.7 Å². The zero-order chi connectivity index (χ0) is 14.0. The lowest BCUT2D eigenvalue weighted by molar-refractivity contribution is 0.102. The van der Waals surface area contributed by atoms with Crippen molar-refractivity contribution in [2.75, 3.05) is 11.1 Å². The van der Waals surface area contributed by atoms with Gasteiger partial charge in [-0.2, -0.15) is 0 Å². The van der Waals surface area contributed by atoms with Gasteiger partial charge in [0.05, 0.1) is 22.0 Å². The van der Waals surface area contributed by atoms with E-state index >= 15 is 0 Å². The minimum absolute atomic E-state index is 0.0685. The number of anilines is 2. The topological polar surface area (TPSA) is 55.1 Å². The van der Waals surface area contributed by atoms with E-state index < -0.39 is 11.7 Å². The first-order chi connectivity index (χ1) is 8.99. The molecule has 6 heteroatoms. The minimum atomic E-state index is -0.630. The molecule has 0 saturated heterocycles. The first-order valence-corrected chi connectivity index (χ1v) is 6.46. The van der Waals surface area contributed by atoms with Gasteiger partial charge in [0, 0.05) is 4.47 Å². The molecule has 0 aromatic heterocycles. The van der Waals surface area contributed by atoms with Crippen molar-refractivity contribution in [2.24, 2.45) is 0 Å². The van der Waals surface area contributed by atoms with Crippen LogP contribution in [0.15, 0.2) is 40.9 Å². The van der Waals surface area contributed by atoms with E-state index in [9.17, 15) is 9.18 Å². The number of hydrogen-bond donors (Lipinski definition) is 2. The average Bonchev–Trinajstić information content (AvgIpc) is 2.36. The molecule has 0 spiro atoms. The highest BCUT2D eigenvalue weighted by Gasteiger charge is 2.14. The number of nitrogens with one attached hydrogen (secondary N) is 1. The monoisotopic (exact) mass is 342 g/mol. The van der Waals surface area contributed by atoms with Gasteiger partial charge in [-0.25, -0.2) is 4.39 Å². The van der Waals surface area contributed by atoms with Crippen LogP contribution in [0.3, 0.4) is 0 Å². The molecule has 0 saturated carbocycles. The molecule has 98 valence electrons. The van der Waals surface area contributed by atoms with E-state index in [0.717, 1.165) is 4.47 Å². The van der Waals surface area contributed by atoms with Crippen molar-refractivity contribution in [3.63, 3.8) is 0 Å². The van der Waals surface area contributed by atoms with Gasteiger partial charge in [0.1, 0.15) is 5.82 Å². The summed E-state index contributed by atoms with van der Waals surface area (Å²) in [7, 11) is 0. The van der Waals surface area contributed by atoms with Crippen LogP contribution in [0, 0.1) is 5.82 Å². The highest BCUT2D eigenvalue weighted by molar-refractivity contribution is 9.10. The highest BCUT2D eigenvalue weighted by atomic mass is 79.9. The molecule has 0 bridgehead atoms. The molecule has 2 aromatic rings. The van der Waals surface area contributed by atoms with Crippen molar-refractivity contribution in [2.45, 2.75) is 0 Å². The molecule has 19 heavy (non-hydrogen) atoms. The van der Waals surface area contributed by atoms with Gasteiger partial charge in [-0.1, -0.05) is 33.6 Å². The Labute approximate surface area is 122 Å². The van der Waals surface area contributed by atoms with Crippen LogP contribution in [0.2, 0.25) is 5.02 Å². The predicted octanol–water partition coefficient (Wildman–Crippen LogP) is 4.08. The summed E-state index contributed by atoms with van der Waals surface area (Å²) in [5.41, 5.74) is 5.83. The Morgan fingerprint density at radius 3 is 2.74 bits per heavy atom. The van der Waals surface area contributed by atoms with Crippen LogP contribution < -0.4 is 11.1 Å². The molecule has 0 heterocycles. The Balaban J connectivity index is 2.28. The molecule has 3 N–H and O–H groups in total. The molecule has 2 aromatic carbocycles. The molecular formula is C13H9BrClFN2O. The second-order valence-electron chi connectivity index (χ2n) is 3.78. The third kappa shape index (κ3) is 3.05. The third-order valence-electron chi connectivity index (χ3n) is 2.48. The molecule has 0 aliphatic rings. The summed E-state index contributed by atoms with van der Waals surface area (Å²) in [5, 5.41) is 2.96. The molecule has 0 aliphatic carbocycles. The summed E-state index contributed by atoms with van der Waals surface area (Å²) >= 11 is 9.24. The summed E-state index contributed by atoms with van der Waals surface area (Å²) in [6.45, 7) is 0. The lowest BCUT2D eigenvalue weighted by Gasteiger charge is -2.09. The van der Waals surface area contributed by atoms with Gasteiger partial charge in [0.15, 0.2) is 0 Å². The lowest BCUT2D eigenvalue weighted by Crippen LogP contribution is -2.15. The van der Waals surface area contributed by atoms with Crippen LogP contribution in [0.1, 0.15) is 10.4 Å². The van der Waals surface area contributed by atoms with Crippen molar-refractivity contribution in [3.05, 3.63) is 57.3 Å². The van der Waals surface area contributed by atoms with Gasteiger partial charge < -0.3 is 11.1 Å². The van der Waals surface area contributed by atoms with Crippen LogP contribution in [-0.2, 0) is 0 Å². The fourth-order valence-corrected chi connectivity index (χ4v) is 2.24. The molecule has 2 rings (SSSR count). The predicted molar refractivity (Wildman–Crippen MR) is 77.9 cm³/mol. The van der Waals surface area contributed by atoms with Gasteiger partial charge in [0.25, 0.3) is 5.91 Å². The Morgan fingerprint density at radius 2 is 2.05 bits per heavy atom. The molecule has 1 amide bonds. The van der Waals surface area contributed by atoms with Gasteiger partial charge >= 0.3 is 0 Å². The van der Waals surface area contributed by atoms with Crippen LogP contribution in [-0.4, -0.2) is 5.91 Å². The van der Waals surface area contributed by atoms with Gasteiger partial charge in [-0.05, 0) is 30.3 Å². The summed E-state index contributed by atoms with van der Waals surface area (Å²) in [5.74, 6) is -1.14. The summed E-state index contributed by atoms with van der Waals surface area (Å²) in [4.78, 5) is 12.0. The van der Waals surface area contributed by atoms with Crippen molar-refractivity contribution < 1.29 is 9.18 Å². The number of rotatable bonds is 2. The number of halogens is 3. The van der Waals surface area contributed by atoms with Gasteiger partial charge in [0.2, 0.25) is 0 Å². The van der Waals surface area contributed by atoms with Crippen molar-refractivity contribution >= 4 is 44.8 Å². The number of hydrogen-bond acceptors (Lipinski definition) is 2. The van der Waals surface area contributed by atoms with Crippen molar-refractivity contribution in [1.82, 2.24) is 0 Å². The molecule has 0 aliphatic heterocycles. The zero-order valence-corrected chi connectivity index (χ0v) is 11.9. The van der Waals surface area contributed by atoms with E-state index in [4.69, 9.17) is 17.3 Å².